The molecule has 1 N–H and O–H groups in total. The Hall–Kier alpha value is -1.66. The summed E-state index contributed by atoms with van der Waals surface area (Å²) in [6.45, 7) is 8.72. The first-order valence-electron chi connectivity index (χ1n) is 9.55. The van der Waals surface area contributed by atoms with E-state index in [1.807, 2.05) is 37.3 Å². The third-order valence-electron chi connectivity index (χ3n) is 5.03. The summed E-state index contributed by atoms with van der Waals surface area (Å²) in [5.41, 5.74) is 3.46. The van der Waals surface area contributed by atoms with Crippen molar-refractivity contribution in [3.05, 3.63) is 53.6 Å². The van der Waals surface area contributed by atoms with Gasteiger partial charge in [-0.25, -0.2) is 0 Å². The molecule has 1 aliphatic rings. The Balaban J connectivity index is 0.00000210. The standard InChI is InChI=1S/C22H30N2O3.2ClH/c1-17-8-9-21(18(2)14-17)27-16-19(25)15-23-10-12-24(13-11-23)20-6-4-5-7-22(20)26-3;;/h4-9,14,19,25H,10-13,15-16H2,1-3H3;2*1H. The molecule has 162 valence electrons. The van der Waals surface area contributed by atoms with Crippen LogP contribution < -0.4 is 14.4 Å². The van der Waals surface area contributed by atoms with Gasteiger partial charge in [-0.15, -0.1) is 24.8 Å². The van der Waals surface area contributed by atoms with Crippen molar-refractivity contribution in [1.29, 1.82) is 0 Å². The molecule has 29 heavy (non-hydrogen) atoms. The second-order valence-corrected chi connectivity index (χ2v) is 7.19. The van der Waals surface area contributed by atoms with Gasteiger partial charge in [0.2, 0.25) is 0 Å². The fourth-order valence-electron chi connectivity index (χ4n) is 3.56. The van der Waals surface area contributed by atoms with Crippen LogP contribution in [0, 0.1) is 13.8 Å². The largest absolute Gasteiger partial charge is 0.495 e. The Bertz CT molecular complexity index is 753. The molecule has 0 amide bonds. The maximum atomic E-state index is 10.4. The number of para-hydroxylation sites is 2. The average Bonchev–Trinajstić information content (AvgIpc) is 2.68. The smallest absolute Gasteiger partial charge is 0.142 e. The van der Waals surface area contributed by atoms with Gasteiger partial charge in [-0.3, -0.25) is 4.90 Å². The third-order valence-corrected chi connectivity index (χ3v) is 5.03. The number of aliphatic hydroxyl groups excluding tert-OH is 1. The molecule has 1 aliphatic heterocycles. The van der Waals surface area contributed by atoms with Gasteiger partial charge in [0.15, 0.2) is 0 Å². The van der Waals surface area contributed by atoms with E-state index in [2.05, 4.69) is 28.9 Å². The monoisotopic (exact) mass is 442 g/mol. The fourth-order valence-corrected chi connectivity index (χ4v) is 3.56. The van der Waals surface area contributed by atoms with Crippen LogP contribution in [-0.2, 0) is 0 Å². The molecule has 0 spiro atoms. The zero-order valence-corrected chi connectivity index (χ0v) is 19.0. The summed E-state index contributed by atoms with van der Waals surface area (Å²) in [4.78, 5) is 4.63. The van der Waals surface area contributed by atoms with Gasteiger partial charge in [-0.05, 0) is 37.6 Å². The molecule has 1 heterocycles. The number of benzene rings is 2. The molecule has 0 bridgehead atoms. The molecule has 1 atom stereocenters. The van der Waals surface area contributed by atoms with Crippen molar-refractivity contribution in [3.8, 4) is 11.5 Å². The Kier molecular flexibility index (Phi) is 10.6. The molecule has 5 nitrogen and oxygen atoms in total. The van der Waals surface area contributed by atoms with Gasteiger partial charge in [-0.1, -0.05) is 29.8 Å². The minimum atomic E-state index is -0.497. The first-order valence-corrected chi connectivity index (χ1v) is 9.55. The molecule has 2 aromatic rings. The van der Waals surface area contributed by atoms with Gasteiger partial charge in [0.25, 0.3) is 0 Å². The number of rotatable bonds is 7. The maximum Gasteiger partial charge on any atom is 0.142 e. The third kappa shape index (κ3) is 6.96. The highest BCUT2D eigenvalue weighted by Crippen LogP contribution is 2.28. The quantitative estimate of drug-likeness (QED) is 0.707. The van der Waals surface area contributed by atoms with Crippen LogP contribution in [0.15, 0.2) is 42.5 Å². The van der Waals surface area contributed by atoms with E-state index in [9.17, 15) is 5.11 Å². The van der Waals surface area contributed by atoms with Crippen LogP contribution in [0.2, 0.25) is 0 Å². The highest BCUT2D eigenvalue weighted by atomic mass is 35.5. The molecule has 0 aliphatic carbocycles. The number of hydrogen-bond donors (Lipinski definition) is 1. The fraction of sp³-hybridized carbons (Fsp3) is 0.455. The van der Waals surface area contributed by atoms with Crippen molar-refractivity contribution in [2.45, 2.75) is 20.0 Å². The van der Waals surface area contributed by atoms with Gasteiger partial charge in [-0.2, -0.15) is 0 Å². The van der Waals surface area contributed by atoms with Gasteiger partial charge in [0.05, 0.1) is 12.8 Å². The summed E-state index contributed by atoms with van der Waals surface area (Å²) >= 11 is 0. The summed E-state index contributed by atoms with van der Waals surface area (Å²) in [5.74, 6) is 1.76. The minimum absolute atomic E-state index is 0. The summed E-state index contributed by atoms with van der Waals surface area (Å²) in [6.07, 6.45) is -0.497. The van der Waals surface area contributed by atoms with Gasteiger partial charge in [0, 0.05) is 32.7 Å². The number of aryl methyl sites for hydroxylation is 2. The number of ether oxygens (including phenoxy) is 2. The molecular formula is C22H32Cl2N2O3. The van der Waals surface area contributed by atoms with E-state index in [0.29, 0.717) is 13.2 Å². The van der Waals surface area contributed by atoms with Crippen LogP contribution in [0.1, 0.15) is 11.1 Å². The van der Waals surface area contributed by atoms with E-state index >= 15 is 0 Å². The van der Waals surface area contributed by atoms with Crippen molar-refractivity contribution in [2.75, 3.05) is 51.3 Å². The second-order valence-electron chi connectivity index (χ2n) is 7.19. The van der Waals surface area contributed by atoms with Crippen molar-refractivity contribution in [1.82, 2.24) is 4.90 Å². The van der Waals surface area contributed by atoms with Crippen molar-refractivity contribution >= 4 is 30.5 Å². The lowest BCUT2D eigenvalue weighted by atomic mass is 10.1. The predicted octanol–water partition coefficient (Wildman–Crippen LogP) is 3.72. The Morgan fingerprint density at radius 1 is 0.966 bits per heavy atom. The molecule has 1 fully saturated rings. The van der Waals surface area contributed by atoms with Gasteiger partial charge in [0.1, 0.15) is 24.2 Å². The van der Waals surface area contributed by atoms with Crippen molar-refractivity contribution in [3.63, 3.8) is 0 Å². The highest BCUT2D eigenvalue weighted by molar-refractivity contribution is 5.85. The molecule has 7 heteroatoms. The number of halogens is 2. The molecule has 1 unspecified atom stereocenters. The Morgan fingerprint density at radius 2 is 1.66 bits per heavy atom. The summed E-state index contributed by atoms with van der Waals surface area (Å²) in [5, 5.41) is 10.4. The lowest BCUT2D eigenvalue weighted by molar-refractivity contribution is 0.0660. The van der Waals surface area contributed by atoms with E-state index in [1.165, 1.54) is 5.56 Å². The zero-order chi connectivity index (χ0) is 19.2. The van der Waals surface area contributed by atoms with Crippen molar-refractivity contribution in [2.24, 2.45) is 0 Å². The number of nitrogens with zero attached hydrogens (tertiary/aromatic N) is 2. The first-order chi connectivity index (χ1) is 13.1. The molecule has 1 saturated heterocycles. The highest BCUT2D eigenvalue weighted by Gasteiger charge is 2.21. The number of hydrogen-bond acceptors (Lipinski definition) is 5. The number of methoxy groups -OCH3 is 1. The molecular weight excluding hydrogens is 411 g/mol. The Labute approximate surface area is 186 Å². The summed E-state index contributed by atoms with van der Waals surface area (Å²) in [6, 6.07) is 14.2. The number of anilines is 1. The lowest BCUT2D eigenvalue weighted by Gasteiger charge is -2.37. The summed E-state index contributed by atoms with van der Waals surface area (Å²) in [7, 11) is 1.71. The zero-order valence-electron chi connectivity index (χ0n) is 17.3. The number of aliphatic hydroxyl groups is 1. The van der Waals surface area contributed by atoms with Crippen LogP contribution >= 0.6 is 24.8 Å². The van der Waals surface area contributed by atoms with Crippen LogP contribution in [-0.4, -0.2) is 62.6 Å². The van der Waals surface area contributed by atoms with E-state index in [4.69, 9.17) is 9.47 Å². The van der Waals surface area contributed by atoms with E-state index < -0.39 is 6.10 Å². The lowest BCUT2D eigenvalue weighted by Crippen LogP contribution is -2.49. The van der Waals surface area contributed by atoms with Gasteiger partial charge >= 0.3 is 0 Å². The van der Waals surface area contributed by atoms with Gasteiger partial charge < -0.3 is 19.5 Å². The Morgan fingerprint density at radius 3 is 2.31 bits per heavy atom. The number of piperazine rings is 1. The minimum Gasteiger partial charge on any atom is -0.495 e. The average molecular weight is 443 g/mol. The SMILES string of the molecule is COc1ccccc1N1CCN(CC(O)COc2ccc(C)cc2C)CC1.Cl.Cl. The van der Waals surface area contributed by atoms with E-state index in [-0.39, 0.29) is 24.8 Å². The number of β-amino-alcohol motifs (C(OH)–C–C–N with tert-alkyl or cyclic N) is 1. The predicted molar refractivity (Wildman–Crippen MR) is 124 cm³/mol. The van der Waals surface area contributed by atoms with Crippen molar-refractivity contribution < 1.29 is 14.6 Å². The van der Waals surface area contributed by atoms with E-state index in [1.54, 1.807) is 7.11 Å². The maximum absolute atomic E-state index is 10.4. The molecule has 0 aromatic heterocycles. The molecule has 0 saturated carbocycles. The molecule has 3 rings (SSSR count). The molecule has 2 aromatic carbocycles. The van der Waals surface area contributed by atoms with E-state index in [0.717, 1.165) is 48.9 Å². The first kappa shape index (κ1) is 25.4. The van der Waals surface area contributed by atoms with Crippen LogP contribution in [0.4, 0.5) is 5.69 Å². The second kappa shape index (κ2) is 12.1. The van der Waals surface area contributed by atoms with Crippen LogP contribution in [0.25, 0.3) is 0 Å². The topological polar surface area (TPSA) is 45.2 Å². The normalized spacial score (nSPS) is 15.1. The molecule has 0 radical (unpaired) electrons. The van der Waals surface area contributed by atoms with Crippen LogP contribution in [0.3, 0.4) is 0 Å². The van der Waals surface area contributed by atoms with Crippen LogP contribution in [0.5, 0.6) is 11.5 Å². The summed E-state index contributed by atoms with van der Waals surface area (Å²) < 4.78 is 11.3.